The molecule has 0 bridgehead atoms. The molecule has 1 saturated heterocycles. The molecule has 1 unspecified atom stereocenters. The molecule has 3 rings (SSSR count). The van der Waals surface area contributed by atoms with E-state index in [4.69, 9.17) is 10.5 Å². The smallest absolute Gasteiger partial charge is 0.165 e. The molecular weight excluding hydrogens is 216 g/mol. The van der Waals surface area contributed by atoms with Crippen LogP contribution in [0.15, 0.2) is 18.3 Å². The molecule has 5 nitrogen and oxygen atoms in total. The van der Waals surface area contributed by atoms with Crippen molar-refractivity contribution >= 4 is 5.65 Å². The van der Waals surface area contributed by atoms with E-state index >= 15 is 0 Å². The first-order valence-electron chi connectivity index (χ1n) is 6.01. The van der Waals surface area contributed by atoms with Gasteiger partial charge in [0.05, 0.1) is 6.10 Å². The highest BCUT2D eigenvalue weighted by Gasteiger charge is 2.19. The van der Waals surface area contributed by atoms with E-state index in [1.807, 2.05) is 22.7 Å². The molecule has 90 valence electrons. The van der Waals surface area contributed by atoms with E-state index in [9.17, 15) is 0 Å². The third-order valence-electron chi connectivity index (χ3n) is 3.24. The van der Waals surface area contributed by atoms with Gasteiger partial charge in [-0.05, 0) is 18.9 Å². The monoisotopic (exact) mass is 232 g/mol. The summed E-state index contributed by atoms with van der Waals surface area (Å²) >= 11 is 0. The van der Waals surface area contributed by atoms with Gasteiger partial charge in [0.2, 0.25) is 0 Å². The summed E-state index contributed by atoms with van der Waals surface area (Å²) in [6.45, 7) is 1.36. The lowest BCUT2D eigenvalue weighted by atomic mass is 10.2. The van der Waals surface area contributed by atoms with Gasteiger partial charge in [0.15, 0.2) is 5.65 Å². The quantitative estimate of drug-likeness (QED) is 0.854. The predicted octanol–water partition coefficient (Wildman–Crippen LogP) is 0.909. The van der Waals surface area contributed by atoms with Crippen LogP contribution >= 0.6 is 0 Å². The van der Waals surface area contributed by atoms with E-state index < -0.39 is 0 Å². The maximum atomic E-state index is 5.68. The van der Waals surface area contributed by atoms with Gasteiger partial charge in [-0.1, -0.05) is 6.07 Å². The number of nitrogens with zero attached hydrogens (tertiary/aromatic N) is 3. The second-order valence-electron chi connectivity index (χ2n) is 4.39. The highest BCUT2D eigenvalue weighted by Crippen LogP contribution is 2.17. The fourth-order valence-electron chi connectivity index (χ4n) is 2.33. The van der Waals surface area contributed by atoms with E-state index in [2.05, 4.69) is 10.2 Å². The van der Waals surface area contributed by atoms with Crippen molar-refractivity contribution < 1.29 is 4.74 Å². The lowest BCUT2D eigenvalue weighted by molar-refractivity contribution is 0.109. The Balaban J connectivity index is 1.94. The van der Waals surface area contributed by atoms with Crippen molar-refractivity contribution in [2.45, 2.75) is 31.9 Å². The van der Waals surface area contributed by atoms with Crippen LogP contribution in [-0.2, 0) is 17.7 Å². The summed E-state index contributed by atoms with van der Waals surface area (Å²) in [6, 6.07) is 3.97. The fraction of sp³-hybridized carbons (Fsp3) is 0.500. The predicted molar refractivity (Wildman–Crippen MR) is 63.6 cm³/mol. The van der Waals surface area contributed by atoms with Crippen molar-refractivity contribution in [1.82, 2.24) is 14.6 Å². The zero-order valence-corrected chi connectivity index (χ0v) is 9.67. The normalized spacial score (nSPS) is 20.2. The molecule has 2 aromatic heterocycles. The number of nitrogens with two attached hydrogens (primary N) is 1. The van der Waals surface area contributed by atoms with Crippen molar-refractivity contribution in [3.63, 3.8) is 0 Å². The first kappa shape index (κ1) is 10.7. The zero-order valence-electron chi connectivity index (χ0n) is 9.67. The molecule has 1 atom stereocenters. The van der Waals surface area contributed by atoms with E-state index in [0.717, 1.165) is 42.9 Å². The molecule has 0 saturated carbocycles. The van der Waals surface area contributed by atoms with E-state index in [-0.39, 0.29) is 0 Å². The van der Waals surface area contributed by atoms with Gasteiger partial charge in [-0.3, -0.25) is 4.40 Å². The Kier molecular flexibility index (Phi) is 2.78. The average Bonchev–Trinajstić information content (AvgIpc) is 2.99. The van der Waals surface area contributed by atoms with Gasteiger partial charge in [-0.15, -0.1) is 10.2 Å². The number of ether oxygens (including phenoxy) is 1. The Morgan fingerprint density at radius 2 is 2.41 bits per heavy atom. The van der Waals surface area contributed by atoms with Crippen LogP contribution in [0.25, 0.3) is 5.65 Å². The van der Waals surface area contributed by atoms with Crippen LogP contribution in [0.4, 0.5) is 0 Å². The molecule has 2 aromatic rings. The van der Waals surface area contributed by atoms with Crippen LogP contribution < -0.4 is 5.73 Å². The molecule has 2 N–H and O–H groups in total. The second-order valence-corrected chi connectivity index (χ2v) is 4.39. The van der Waals surface area contributed by atoms with Crippen molar-refractivity contribution in [2.24, 2.45) is 5.73 Å². The number of hydrogen-bond donors (Lipinski definition) is 1. The van der Waals surface area contributed by atoms with Gasteiger partial charge in [0.1, 0.15) is 5.82 Å². The maximum Gasteiger partial charge on any atom is 0.165 e. The van der Waals surface area contributed by atoms with Gasteiger partial charge in [0, 0.05) is 31.3 Å². The first-order chi connectivity index (χ1) is 8.38. The molecule has 3 heterocycles. The largest absolute Gasteiger partial charge is 0.378 e. The molecule has 1 aliphatic rings. The average molecular weight is 232 g/mol. The summed E-state index contributed by atoms with van der Waals surface area (Å²) in [5, 5.41) is 8.45. The summed E-state index contributed by atoms with van der Waals surface area (Å²) in [5.74, 6) is 0.960. The van der Waals surface area contributed by atoms with Crippen LogP contribution in [0, 0.1) is 0 Å². The van der Waals surface area contributed by atoms with Gasteiger partial charge < -0.3 is 10.5 Å². The summed E-state index contributed by atoms with van der Waals surface area (Å²) in [7, 11) is 0. The maximum absolute atomic E-state index is 5.68. The topological polar surface area (TPSA) is 65.4 Å². The van der Waals surface area contributed by atoms with E-state index in [1.54, 1.807) is 0 Å². The lowest BCUT2D eigenvalue weighted by Gasteiger charge is -2.07. The number of aromatic nitrogens is 3. The van der Waals surface area contributed by atoms with Crippen LogP contribution in [0.1, 0.15) is 24.2 Å². The number of fused-ring (bicyclic) bond motifs is 1. The highest BCUT2D eigenvalue weighted by molar-refractivity contribution is 5.47. The Hall–Kier alpha value is -1.46. The molecule has 0 amide bonds. The fourth-order valence-corrected chi connectivity index (χ4v) is 2.33. The summed E-state index contributed by atoms with van der Waals surface area (Å²) in [4.78, 5) is 0. The third-order valence-corrected chi connectivity index (χ3v) is 3.24. The van der Waals surface area contributed by atoms with Crippen molar-refractivity contribution in [1.29, 1.82) is 0 Å². The molecule has 0 aliphatic carbocycles. The van der Waals surface area contributed by atoms with Crippen LogP contribution in [-0.4, -0.2) is 27.3 Å². The lowest BCUT2D eigenvalue weighted by Crippen LogP contribution is -2.11. The van der Waals surface area contributed by atoms with Crippen LogP contribution in [0.5, 0.6) is 0 Å². The minimum Gasteiger partial charge on any atom is -0.378 e. The van der Waals surface area contributed by atoms with Crippen molar-refractivity contribution in [3.05, 3.63) is 29.7 Å². The second kappa shape index (κ2) is 4.43. The Morgan fingerprint density at radius 1 is 1.47 bits per heavy atom. The standard InChI is InChI=1S/C12H16N4O/c13-8-9-3-1-5-16-11(14-15-12(9)16)7-10-4-2-6-17-10/h1,3,5,10H,2,4,6-8,13H2. The molecule has 0 radical (unpaired) electrons. The third kappa shape index (κ3) is 1.92. The van der Waals surface area contributed by atoms with Crippen molar-refractivity contribution in [2.75, 3.05) is 6.61 Å². The molecule has 0 aromatic carbocycles. The van der Waals surface area contributed by atoms with Crippen molar-refractivity contribution in [3.8, 4) is 0 Å². The minimum atomic E-state index is 0.295. The van der Waals surface area contributed by atoms with Gasteiger partial charge in [-0.25, -0.2) is 0 Å². The SMILES string of the molecule is NCc1cccn2c(CC3CCCO3)nnc12. The van der Waals surface area contributed by atoms with Gasteiger partial charge in [0.25, 0.3) is 0 Å². The minimum absolute atomic E-state index is 0.295. The molecule has 5 heteroatoms. The highest BCUT2D eigenvalue weighted by atomic mass is 16.5. The zero-order chi connectivity index (χ0) is 11.7. The van der Waals surface area contributed by atoms with E-state index in [0.29, 0.717) is 12.6 Å². The van der Waals surface area contributed by atoms with Gasteiger partial charge in [-0.2, -0.15) is 0 Å². The summed E-state index contributed by atoms with van der Waals surface area (Å²) in [6.07, 6.45) is 5.37. The molecule has 17 heavy (non-hydrogen) atoms. The van der Waals surface area contributed by atoms with Gasteiger partial charge >= 0.3 is 0 Å². The number of pyridine rings is 1. The summed E-state index contributed by atoms with van der Waals surface area (Å²) in [5.41, 5.74) is 7.57. The molecular formula is C12H16N4O. The first-order valence-corrected chi connectivity index (χ1v) is 6.01. The number of hydrogen-bond acceptors (Lipinski definition) is 4. The van der Waals surface area contributed by atoms with Crippen LogP contribution in [0.2, 0.25) is 0 Å². The van der Waals surface area contributed by atoms with E-state index in [1.165, 1.54) is 0 Å². The number of rotatable bonds is 3. The molecule has 0 spiro atoms. The molecule has 1 fully saturated rings. The Labute approximate surface area is 99.6 Å². The van der Waals surface area contributed by atoms with Crippen LogP contribution in [0.3, 0.4) is 0 Å². The summed E-state index contributed by atoms with van der Waals surface area (Å²) < 4.78 is 7.64. The Bertz CT molecular complexity index is 516. The molecule has 1 aliphatic heterocycles. The Morgan fingerprint density at radius 3 is 3.18 bits per heavy atom.